The molecule has 1 unspecified atom stereocenters. The number of aromatic nitrogens is 4. The minimum absolute atomic E-state index is 0.113. The van der Waals surface area contributed by atoms with Gasteiger partial charge in [0.15, 0.2) is 5.65 Å². The second kappa shape index (κ2) is 10.2. The molecule has 0 aromatic carbocycles. The molecule has 0 saturated heterocycles. The minimum atomic E-state index is -0.688. The van der Waals surface area contributed by atoms with E-state index in [-0.39, 0.29) is 17.5 Å². The summed E-state index contributed by atoms with van der Waals surface area (Å²) in [4.78, 5) is 36.8. The first kappa shape index (κ1) is 25.9. The lowest BCUT2D eigenvalue weighted by Gasteiger charge is -2.25. The molecule has 3 heterocycles. The highest BCUT2D eigenvalue weighted by Crippen LogP contribution is 2.34. The standard InChI is InChI=1S/C27H35N7O4/c1-27(2,3)38-26(37)33(4)23-14-22(31-20-6-5-11-28-21(20)12-16-7-8-16)32-24-19(15-29-34(23)24)25(36)30-17-9-10-18(35)13-17/h5-6,11,14-18,35H,7-10,12-13H2,1-4H3,(H,30,36)(H,31,32)/t17?,18-/m0/s1. The third-order valence-electron chi connectivity index (χ3n) is 6.78. The molecule has 3 aromatic heterocycles. The summed E-state index contributed by atoms with van der Waals surface area (Å²) in [6.07, 6.45) is 7.43. The number of hydrogen-bond donors (Lipinski definition) is 3. The van der Waals surface area contributed by atoms with Crippen molar-refractivity contribution in [3.63, 3.8) is 0 Å². The maximum absolute atomic E-state index is 13.2. The maximum atomic E-state index is 13.2. The molecule has 202 valence electrons. The second-order valence-electron chi connectivity index (χ2n) is 11.2. The van der Waals surface area contributed by atoms with Crippen LogP contribution in [0.15, 0.2) is 30.6 Å². The van der Waals surface area contributed by atoms with Gasteiger partial charge in [0, 0.05) is 25.4 Å². The van der Waals surface area contributed by atoms with Gasteiger partial charge in [0.05, 0.1) is 23.7 Å². The first-order valence-electron chi connectivity index (χ1n) is 13.1. The molecule has 3 aromatic rings. The van der Waals surface area contributed by atoms with Gasteiger partial charge < -0.3 is 20.5 Å². The lowest BCUT2D eigenvalue weighted by atomic mass is 10.1. The topological polar surface area (TPSA) is 134 Å². The fraction of sp³-hybridized carbons (Fsp3) is 0.519. The average Bonchev–Trinajstić information content (AvgIpc) is 3.41. The lowest BCUT2D eigenvalue weighted by molar-refractivity contribution is 0.0587. The van der Waals surface area contributed by atoms with Gasteiger partial charge in [-0.2, -0.15) is 9.61 Å². The van der Waals surface area contributed by atoms with Gasteiger partial charge in [-0.15, -0.1) is 0 Å². The minimum Gasteiger partial charge on any atom is -0.443 e. The summed E-state index contributed by atoms with van der Waals surface area (Å²) >= 11 is 0. The number of rotatable bonds is 7. The molecule has 2 atom stereocenters. The quantitative estimate of drug-likeness (QED) is 0.427. The Bertz CT molecular complexity index is 1340. The van der Waals surface area contributed by atoms with Gasteiger partial charge in [0.25, 0.3) is 5.91 Å². The van der Waals surface area contributed by atoms with E-state index in [4.69, 9.17) is 9.72 Å². The van der Waals surface area contributed by atoms with Crippen LogP contribution in [-0.2, 0) is 11.2 Å². The first-order chi connectivity index (χ1) is 18.1. The molecule has 38 heavy (non-hydrogen) atoms. The molecular formula is C27H35N7O4. The van der Waals surface area contributed by atoms with Crippen LogP contribution in [0.1, 0.15) is 68.9 Å². The number of carbonyl (C=O) groups excluding carboxylic acids is 2. The van der Waals surface area contributed by atoms with Crippen molar-refractivity contribution in [2.75, 3.05) is 17.3 Å². The Labute approximate surface area is 221 Å². The summed E-state index contributed by atoms with van der Waals surface area (Å²) < 4.78 is 7.04. The SMILES string of the molecule is CN(C(=O)OC(C)(C)C)c1cc(Nc2cccnc2CC2CC2)nc2c(C(=O)NC3CC[C@H](O)C3)cnn12. The van der Waals surface area contributed by atoms with Gasteiger partial charge in [-0.25, -0.2) is 9.78 Å². The average molecular weight is 522 g/mol. The number of pyridine rings is 1. The van der Waals surface area contributed by atoms with E-state index < -0.39 is 17.8 Å². The Morgan fingerprint density at radius 3 is 2.71 bits per heavy atom. The van der Waals surface area contributed by atoms with E-state index in [9.17, 15) is 14.7 Å². The summed E-state index contributed by atoms with van der Waals surface area (Å²) in [5.74, 6) is 1.15. The van der Waals surface area contributed by atoms with Crippen molar-refractivity contribution < 1.29 is 19.4 Å². The predicted molar refractivity (Wildman–Crippen MR) is 143 cm³/mol. The molecule has 11 heteroatoms. The Balaban J connectivity index is 1.52. The summed E-state index contributed by atoms with van der Waals surface area (Å²) in [5, 5.41) is 20.6. The van der Waals surface area contributed by atoms with Gasteiger partial charge in [0.1, 0.15) is 22.8 Å². The van der Waals surface area contributed by atoms with Crippen LogP contribution in [0.2, 0.25) is 0 Å². The van der Waals surface area contributed by atoms with E-state index in [1.165, 1.54) is 28.5 Å². The van der Waals surface area contributed by atoms with Crippen molar-refractivity contribution in [2.45, 2.75) is 77.0 Å². The molecule has 5 rings (SSSR count). The van der Waals surface area contributed by atoms with Crippen LogP contribution in [0.25, 0.3) is 5.65 Å². The zero-order chi connectivity index (χ0) is 27.0. The maximum Gasteiger partial charge on any atom is 0.415 e. The van der Waals surface area contributed by atoms with E-state index in [2.05, 4.69) is 20.7 Å². The second-order valence-corrected chi connectivity index (χ2v) is 11.2. The molecule has 2 fully saturated rings. The molecular weight excluding hydrogens is 486 g/mol. The highest BCUT2D eigenvalue weighted by Gasteiger charge is 2.28. The number of fused-ring (bicyclic) bond motifs is 1. The molecule has 2 aliphatic rings. The van der Waals surface area contributed by atoms with E-state index in [0.29, 0.717) is 42.5 Å². The third-order valence-corrected chi connectivity index (χ3v) is 6.78. The molecule has 2 aliphatic carbocycles. The predicted octanol–water partition coefficient (Wildman–Crippen LogP) is 3.83. The van der Waals surface area contributed by atoms with Crippen molar-refractivity contribution >= 4 is 35.0 Å². The monoisotopic (exact) mass is 521 g/mol. The number of aliphatic hydroxyl groups is 1. The number of nitrogens with zero attached hydrogens (tertiary/aromatic N) is 5. The van der Waals surface area contributed by atoms with Crippen molar-refractivity contribution in [2.24, 2.45) is 5.92 Å². The van der Waals surface area contributed by atoms with Gasteiger partial charge in [-0.3, -0.25) is 14.7 Å². The Hall–Kier alpha value is -3.73. The molecule has 0 spiro atoms. The normalized spacial score (nSPS) is 19.4. The number of amides is 2. The number of aliphatic hydroxyl groups excluding tert-OH is 1. The van der Waals surface area contributed by atoms with Crippen molar-refractivity contribution in [1.82, 2.24) is 24.9 Å². The molecule has 2 amide bonds. The van der Waals surface area contributed by atoms with Gasteiger partial charge in [-0.1, -0.05) is 0 Å². The van der Waals surface area contributed by atoms with E-state index in [0.717, 1.165) is 17.8 Å². The first-order valence-corrected chi connectivity index (χ1v) is 13.1. The van der Waals surface area contributed by atoms with Crippen LogP contribution in [0, 0.1) is 5.92 Å². The number of anilines is 3. The number of nitrogens with one attached hydrogen (secondary N) is 2. The van der Waals surface area contributed by atoms with Crippen LogP contribution >= 0.6 is 0 Å². The van der Waals surface area contributed by atoms with E-state index in [1.807, 2.05) is 12.1 Å². The highest BCUT2D eigenvalue weighted by molar-refractivity contribution is 6.00. The van der Waals surface area contributed by atoms with E-state index in [1.54, 1.807) is 40.1 Å². The summed E-state index contributed by atoms with van der Waals surface area (Å²) in [7, 11) is 1.59. The smallest absolute Gasteiger partial charge is 0.415 e. The van der Waals surface area contributed by atoms with E-state index >= 15 is 0 Å². The Morgan fingerprint density at radius 2 is 2.03 bits per heavy atom. The Kier molecular flexibility index (Phi) is 6.95. The van der Waals surface area contributed by atoms with Crippen LogP contribution < -0.4 is 15.5 Å². The fourth-order valence-electron chi connectivity index (χ4n) is 4.63. The molecule has 0 bridgehead atoms. The molecule has 3 N–H and O–H groups in total. The number of ether oxygens (including phenoxy) is 1. The van der Waals surface area contributed by atoms with Gasteiger partial charge in [-0.05, 0) is 77.3 Å². The molecule has 0 radical (unpaired) electrons. The van der Waals surface area contributed by atoms with Gasteiger partial charge in [0.2, 0.25) is 0 Å². The van der Waals surface area contributed by atoms with Crippen LogP contribution in [0.4, 0.5) is 22.1 Å². The number of carbonyl (C=O) groups is 2. The van der Waals surface area contributed by atoms with Crippen molar-refractivity contribution in [1.29, 1.82) is 0 Å². The zero-order valence-corrected chi connectivity index (χ0v) is 22.3. The lowest BCUT2D eigenvalue weighted by Crippen LogP contribution is -2.35. The zero-order valence-electron chi connectivity index (χ0n) is 22.3. The van der Waals surface area contributed by atoms with Crippen molar-refractivity contribution in [3.05, 3.63) is 41.9 Å². The van der Waals surface area contributed by atoms with Crippen LogP contribution in [-0.4, -0.2) is 61.5 Å². The summed E-state index contributed by atoms with van der Waals surface area (Å²) in [5.41, 5.74) is 1.66. The molecule has 2 saturated carbocycles. The largest absolute Gasteiger partial charge is 0.443 e. The summed E-state index contributed by atoms with van der Waals surface area (Å²) in [6, 6.07) is 5.40. The molecule has 0 aliphatic heterocycles. The highest BCUT2D eigenvalue weighted by atomic mass is 16.6. The fourth-order valence-corrected chi connectivity index (χ4v) is 4.63. The van der Waals surface area contributed by atoms with Crippen LogP contribution in [0.3, 0.4) is 0 Å². The van der Waals surface area contributed by atoms with Crippen LogP contribution in [0.5, 0.6) is 0 Å². The third kappa shape index (κ3) is 5.88. The molecule has 11 nitrogen and oxygen atoms in total. The number of hydrogen-bond acceptors (Lipinski definition) is 8. The van der Waals surface area contributed by atoms with Gasteiger partial charge >= 0.3 is 6.09 Å². The summed E-state index contributed by atoms with van der Waals surface area (Å²) in [6.45, 7) is 5.40. The van der Waals surface area contributed by atoms with Crippen molar-refractivity contribution in [3.8, 4) is 0 Å². The Morgan fingerprint density at radius 1 is 1.24 bits per heavy atom.